The monoisotopic (exact) mass is 428 g/mol. The van der Waals surface area contributed by atoms with Gasteiger partial charge in [0.15, 0.2) is 0 Å². The number of benzene rings is 1. The van der Waals surface area contributed by atoms with Crippen molar-refractivity contribution in [2.75, 3.05) is 26.2 Å². The van der Waals surface area contributed by atoms with Crippen LogP contribution in [0.1, 0.15) is 81.3 Å². The molecule has 0 radical (unpaired) electrons. The second kappa shape index (κ2) is 11.2. The SMILES string of the molecule is CC(C)c1nc(C(C)C)c(COCCN2CCCCC2)c(-c2ccc(F)cc2)c1CO. The average molecular weight is 429 g/mol. The van der Waals surface area contributed by atoms with Crippen LogP contribution >= 0.6 is 0 Å². The predicted octanol–water partition coefficient (Wildman–Crippen LogP) is 5.63. The molecule has 0 spiro atoms. The molecule has 0 atom stereocenters. The first kappa shape index (κ1) is 23.8. The number of aromatic nitrogens is 1. The number of hydrogen-bond donors (Lipinski definition) is 1. The van der Waals surface area contributed by atoms with Crippen LogP contribution in [-0.4, -0.2) is 41.2 Å². The molecule has 2 heterocycles. The number of aliphatic hydroxyl groups is 1. The summed E-state index contributed by atoms with van der Waals surface area (Å²) in [7, 11) is 0. The Labute approximate surface area is 186 Å². The fourth-order valence-electron chi connectivity index (χ4n) is 4.48. The Morgan fingerprint density at radius 3 is 2.16 bits per heavy atom. The first-order chi connectivity index (χ1) is 14.9. The summed E-state index contributed by atoms with van der Waals surface area (Å²) in [6, 6.07) is 6.52. The molecule has 1 aromatic carbocycles. The zero-order chi connectivity index (χ0) is 22.4. The van der Waals surface area contributed by atoms with Crippen LogP contribution in [0.5, 0.6) is 0 Å². The lowest BCUT2D eigenvalue weighted by molar-refractivity contribution is 0.0858. The number of aliphatic hydroxyl groups excluding tert-OH is 1. The predicted molar refractivity (Wildman–Crippen MR) is 124 cm³/mol. The van der Waals surface area contributed by atoms with E-state index in [4.69, 9.17) is 9.72 Å². The number of halogens is 1. The van der Waals surface area contributed by atoms with E-state index in [1.54, 1.807) is 12.1 Å². The van der Waals surface area contributed by atoms with Crippen LogP contribution in [0, 0.1) is 5.82 Å². The summed E-state index contributed by atoms with van der Waals surface area (Å²) in [5, 5.41) is 10.3. The van der Waals surface area contributed by atoms with E-state index in [9.17, 15) is 9.50 Å². The first-order valence-electron chi connectivity index (χ1n) is 11.6. The minimum absolute atomic E-state index is 0.105. The maximum atomic E-state index is 13.6. The van der Waals surface area contributed by atoms with Crippen molar-refractivity contribution in [3.05, 3.63) is 52.6 Å². The maximum Gasteiger partial charge on any atom is 0.123 e. The quantitative estimate of drug-likeness (QED) is 0.526. The van der Waals surface area contributed by atoms with Gasteiger partial charge in [0.1, 0.15) is 5.82 Å². The Balaban J connectivity index is 1.96. The number of piperidine rings is 1. The highest BCUT2D eigenvalue weighted by atomic mass is 19.1. The summed E-state index contributed by atoms with van der Waals surface area (Å²) < 4.78 is 19.8. The van der Waals surface area contributed by atoms with Crippen molar-refractivity contribution in [1.29, 1.82) is 0 Å². The number of ether oxygens (including phenoxy) is 1. The average Bonchev–Trinajstić information content (AvgIpc) is 2.76. The van der Waals surface area contributed by atoms with Crippen LogP contribution in [0.25, 0.3) is 11.1 Å². The van der Waals surface area contributed by atoms with Crippen molar-refractivity contribution in [2.24, 2.45) is 0 Å². The van der Waals surface area contributed by atoms with Crippen molar-refractivity contribution in [2.45, 2.75) is 72.0 Å². The van der Waals surface area contributed by atoms with Crippen molar-refractivity contribution < 1.29 is 14.2 Å². The Hall–Kier alpha value is -1.82. The van der Waals surface area contributed by atoms with Gasteiger partial charge >= 0.3 is 0 Å². The van der Waals surface area contributed by atoms with E-state index in [-0.39, 0.29) is 24.3 Å². The van der Waals surface area contributed by atoms with Crippen LogP contribution in [0.3, 0.4) is 0 Å². The van der Waals surface area contributed by atoms with Gasteiger partial charge in [-0.3, -0.25) is 4.98 Å². The standard InChI is InChI=1S/C26H37FN2O2/c1-18(2)25-22(16-30)24(20-8-10-21(27)11-9-20)23(26(28-25)19(3)4)17-31-15-14-29-12-6-5-7-13-29/h8-11,18-19,30H,5-7,12-17H2,1-4H3. The highest BCUT2D eigenvalue weighted by Crippen LogP contribution is 2.37. The van der Waals surface area contributed by atoms with Gasteiger partial charge in [-0.05, 0) is 61.0 Å². The third-order valence-corrected chi connectivity index (χ3v) is 6.09. The molecule has 1 aliphatic rings. The lowest BCUT2D eigenvalue weighted by atomic mass is 9.87. The molecule has 4 nitrogen and oxygen atoms in total. The van der Waals surface area contributed by atoms with E-state index in [2.05, 4.69) is 32.6 Å². The van der Waals surface area contributed by atoms with Gasteiger partial charge in [-0.1, -0.05) is 46.2 Å². The molecule has 0 amide bonds. The van der Waals surface area contributed by atoms with Gasteiger partial charge in [0, 0.05) is 29.1 Å². The topological polar surface area (TPSA) is 45.6 Å². The van der Waals surface area contributed by atoms with Gasteiger partial charge < -0.3 is 14.7 Å². The zero-order valence-electron chi connectivity index (χ0n) is 19.5. The molecule has 170 valence electrons. The number of hydrogen-bond acceptors (Lipinski definition) is 4. The van der Waals surface area contributed by atoms with Gasteiger partial charge in [-0.15, -0.1) is 0 Å². The van der Waals surface area contributed by atoms with Crippen molar-refractivity contribution in [3.63, 3.8) is 0 Å². The van der Waals surface area contributed by atoms with Gasteiger partial charge in [0.25, 0.3) is 0 Å². The number of likely N-dealkylation sites (tertiary alicyclic amines) is 1. The van der Waals surface area contributed by atoms with E-state index in [0.29, 0.717) is 13.2 Å². The minimum atomic E-state index is -0.268. The summed E-state index contributed by atoms with van der Waals surface area (Å²) in [5.74, 6) is 0.119. The zero-order valence-corrected chi connectivity index (χ0v) is 19.5. The molecule has 1 aliphatic heterocycles. The molecular weight excluding hydrogens is 391 g/mol. The van der Waals surface area contributed by atoms with Crippen LogP contribution in [0.15, 0.2) is 24.3 Å². The lowest BCUT2D eigenvalue weighted by Gasteiger charge is -2.27. The van der Waals surface area contributed by atoms with Crippen LogP contribution in [-0.2, 0) is 18.0 Å². The number of nitrogens with zero attached hydrogens (tertiary/aromatic N) is 2. The Morgan fingerprint density at radius 2 is 1.58 bits per heavy atom. The van der Waals surface area contributed by atoms with Crippen molar-refractivity contribution >= 4 is 0 Å². The van der Waals surface area contributed by atoms with Crippen LogP contribution in [0.2, 0.25) is 0 Å². The highest BCUT2D eigenvalue weighted by molar-refractivity contribution is 5.73. The Bertz CT molecular complexity index is 843. The van der Waals surface area contributed by atoms with Gasteiger partial charge in [0.05, 0.1) is 19.8 Å². The fourth-order valence-corrected chi connectivity index (χ4v) is 4.48. The molecular formula is C26H37FN2O2. The number of rotatable bonds is 9. The second-order valence-electron chi connectivity index (χ2n) is 9.14. The molecule has 3 rings (SSSR count). The third-order valence-electron chi connectivity index (χ3n) is 6.09. The maximum absolute atomic E-state index is 13.6. The van der Waals surface area contributed by atoms with Crippen LogP contribution in [0.4, 0.5) is 4.39 Å². The molecule has 0 saturated carbocycles. The molecule has 0 bridgehead atoms. The first-order valence-corrected chi connectivity index (χ1v) is 11.6. The van der Waals surface area contributed by atoms with Gasteiger partial charge in [0.2, 0.25) is 0 Å². The lowest BCUT2D eigenvalue weighted by Crippen LogP contribution is -2.32. The molecule has 31 heavy (non-hydrogen) atoms. The summed E-state index contributed by atoms with van der Waals surface area (Å²) >= 11 is 0. The molecule has 0 unspecified atom stereocenters. The minimum Gasteiger partial charge on any atom is -0.392 e. The van der Waals surface area contributed by atoms with Crippen LogP contribution < -0.4 is 0 Å². The normalized spacial score (nSPS) is 15.2. The van der Waals surface area contributed by atoms with Gasteiger partial charge in [-0.25, -0.2) is 4.39 Å². The second-order valence-corrected chi connectivity index (χ2v) is 9.14. The molecule has 0 aliphatic carbocycles. The molecule has 1 saturated heterocycles. The summed E-state index contributed by atoms with van der Waals surface area (Å²) in [6.45, 7) is 12.7. The highest BCUT2D eigenvalue weighted by Gasteiger charge is 2.23. The molecule has 1 fully saturated rings. The summed E-state index contributed by atoms with van der Waals surface area (Å²) in [5.41, 5.74) is 5.57. The smallest absolute Gasteiger partial charge is 0.123 e. The van der Waals surface area contributed by atoms with E-state index in [1.807, 2.05) is 0 Å². The third kappa shape index (κ3) is 5.91. The van der Waals surface area contributed by atoms with E-state index in [0.717, 1.165) is 53.3 Å². The Kier molecular flexibility index (Phi) is 8.58. The molecule has 1 N–H and O–H groups in total. The van der Waals surface area contributed by atoms with Crippen molar-refractivity contribution in [1.82, 2.24) is 9.88 Å². The molecule has 1 aromatic heterocycles. The fraction of sp³-hybridized carbons (Fsp3) is 0.577. The van der Waals surface area contributed by atoms with E-state index in [1.165, 1.54) is 31.4 Å². The number of pyridine rings is 1. The Morgan fingerprint density at radius 1 is 0.968 bits per heavy atom. The molecule has 5 heteroatoms. The summed E-state index contributed by atoms with van der Waals surface area (Å²) in [6.07, 6.45) is 3.87. The van der Waals surface area contributed by atoms with Gasteiger partial charge in [-0.2, -0.15) is 0 Å². The van der Waals surface area contributed by atoms with Crippen molar-refractivity contribution in [3.8, 4) is 11.1 Å². The molecule has 2 aromatic rings. The summed E-state index contributed by atoms with van der Waals surface area (Å²) in [4.78, 5) is 7.46. The van der Waals surface area contributed by atoms with E-state index >= 15 is 0 Å². The van der Waals surface area contributed by atoms with E-state index < -0.39 is 0 Å². The largest absolute Gasteiger partial charge is 0.392 e.